The van der Waals surface area contributed by atoms with Crippen LogP contribution in [0, 0.1) is 0 Å². The van der Waals surface area contributed by atoms with Crippen LogP contribution in [0.5, 0.6) is 11.5 Å². The zero-order chi connectivity index (χ0) is 17.7. The molecule has 2 aromatic rings. The van der Waals surface area contributed by atoms with Gasteiger partial charge >= 0.3 is 0 Å². The number of ether oxygens (including phenoxy) is 1. The van der Waals surface area contributed by atoms with E-state index < -0.39 is 5.60 Å². The molecule has 0 radical (unpaired) electrons. The van der Waals surface area contributed by atoms with Gasteiger partial charge in [0.25, 0.3) is 0 Å². The normalized spacial score (nSPS) is 13.1. The molecule has 2 aromatic carbocycles. The van der Waals surface area contributed by atoms with E-state index in [-0.39, 0.29) is 5.75 Å². The van der Waals surface area contributed by atoms with Gasteiger partial charge in [0.2, 0.25) is 0 Å². The molecule has 126 valence electrons. The van der Waals surface area contributed by atoms with E-state index in [1.165, 1.54) is 6.07 Å². The highest BCUT2D eigenvalue weighted by Gasteiger charge is 2.21. The molecule has 24 heavy (non-hydrogen) atoms. The van der Waals surface area contributed by atoms with Gasteiger partial charge in [-0.2, -0.15) is 0 Å². The quantitative estimate of drug-likeness (QED) is 0.564. The molecule has 1 atom stereocenters. The van der Waals surface area contributed by atoms with Crippen LogP contribution in [0.1, 0.15) is 43.1 Å². The fourth-order valence-electron chi connectivity index (χ4n) is 2.51. The van der Waals surface area contributed by atoms with Crippen LogP contribution in [0.15, 0.2) is 49.1 Å². The minimum absolute atomic E-state index is 0.0817. The highest BCUT2D eigenvalue weighted by atomic mass is 16.5. The molecule has 0 aliphatic rings. The van der Waals surface area contributed by atoms with E-state index in [9.17, 15) is 9.90 Å². The van der Waals surface area contributed by atoms with Crippen molar-refractivity contribution >= 4 is 6.29 Å². The van der Waals surface area contributed by atoms with Crippen LogP contribution in [0.25, 0.3) is 11.1 Å². The van der Waals surface area contributed by atoms with E-state index in [0.717, 1.165) is 41.6 Å². The highest BCUT2D eigenvalue weighted by Crippen LogP contribution is 2.32. The molecule has 0 saturated heterocycles. The van der Waals surface area contributed by atoms with Gasteiger partial charge in [-0.3, -0.25) is 4.79 Å². The fourth-order valence-corrected chi connectivity index (χ4v) is 2.51. The number of hydrogen-bond acceptors (Lipinski definition) is 3. The lowest BCUT2D eigenvalue weighted by atomic mass is 9.98. The Hall–Kier alpha value is -2.55. The first-order chi connectivity index (χ1) is 11.4. The molecule has 1 unspecified atom stereocenters. The summed E-state index contributed by atoms with van der Waals surface area (Å²) in [6, 6.07) is 10.8. The third-order valence-corrected chi connectivity index (χ3v) is 4.33. The summed E-state index contributed by atoms with van der Waals surface area (Å²) in [7, 11) is 0. The van der Waals surface area contributed by atoms with Crippen molar-refractivity contribution in [3.05, 3.63) is 60.2 Å². The second-order valence-corrected chi connectivity index (χ2v) is 6.08. The first kappa shape index (κ1) is 17.8. The molecule has 0 heterocycles. The van der Waals surface area contributed by atoms with Gasteiger partial charge in [0.1, 0.15) is 23.4 Å². The van der Waals surface area contributed by atoms with E-state index in [0.29, 0.717) is 5.56 Å². The Morgan fingerprint density at radius 2 is 1.92 bits per heavy atom. The maximum Gasteiger partial charge on any atom is 0.150 e. The highest BCUT2D eigenvalue weighted by molar-refractivity contribution is 5.80. The average Bonchev–Trinajstić information content (AvgIpc) is 2.61. The SMILES string of the molecule is C=CC(C)(CC)Oc1ccc(-c2cc(O)cc(C=O)c2)cc1CC. The summed E-state index contributed by atoms with van der Waals surface area (Å²) in [6.45, 7) is 10.0. The number of carbonyl (C=O) groups is 1. The lowest BCUT2D eigenvalue weighted by molar-refractivity contribution is 0.112. The van der Waals surface area contributed by atoms with Gasteiger partial charge in [-0.15, -0.1) is 0 Å². The first-order valence-electron chi connectivity index (χ1n) is 8.19. The zero-order valence-electron chi connectivity index (χ0n) is 14.5. The van der Waals surface area contributed by atoms with E-state index in [1.807, 2.05) is 31.2 Å². The van der Waals surface area contributed by atoms with Crippen molar-refractivity contribution in [2.24, 2.45) is 0 Å². The summed E-state index contributed by atoms with van der Waals surface area (Å²) >= 11 is 0. The lowest BCUT2D eigenvalue weighted by Gasteiger charge is -2.27. The van der Waals surface area contributed by atoms with Crippen LogP contribution < -0.4 is 4.74 Å². The Morgan fingerprint density at radius 1 is 1.17 bits per heavy atom. The first-order valence-corrected chi connectivity index (χ1v) is 8.19. The van der Waals surface area contributed by atoms with E-state index in [1.54, 1.807) is 12.1 Å². The number of carbonyl (C=O) groups excluding carboxylic acids is 1. The molecule has 0 spiro atoms. The van der Waals surface area contributed by atoms with Crippen LogP contribution in [0.3, 0.4) is 0 Å². The molecule has 0 aliphatic carbocycles. The second-order valence-electron chi connectivity index (χ2n) is 6.08. The van der Waals surface area contributed by atoms with Crippen molar-refractivity contribution in [1.82, 2.24) is 0 Å². The number of phenols is 1. The summed E-state index contributed by atoms with van der Waals surface area (Å²) < 4.78 is 6.16. The van der Waals surface area contributed by atoms with Gasteiger partial charge in [0.05, 0.1) is 0 Å². The van der Waals surface area contributed by atoms with E-state index in [2.05, 4.69) is 20.4 Å². The Kier molecular flexibility index (Phi) is 5.45. The number of rotatable bonds is 7. The largest absolute Gasteiger partial charge is 0.508 e. The summed E-state index contributed by atoms with van der Waals surface area (Å²) in [5.41, 5.74) is 2.87. The van der Waals surface area contributed by atoms with Crippen molar-refractivity contribution in [1.29, 1.82) is 0 Å². The maximum atomic E-state index is 11.0. The Bertz CT molecular complexity index is 749. The number of aldehydes is 1. The molecule has 3 nitrogen and oxygen atoms in total. The summed E-state index contributed by atoms with van der Waals surface area (Å²) in [4.78, 5) is 11.0. The Balaban J connectivity index is 2.44. The van der Waals surface area contributed by atoms with Crippen molar-refractivity contribution in [2.45, 2.75) is 39.2 Å². The smallest absolute Gasteiger partial charge is 0.150 e. The Morgan fingerprint density at radius 3 is 2.50 bits per heavy atom. The van der Waals surface area contributed by atoms with Crippen molar-refractivity contribution in [2.75, 3.05) is 0 Å². The predicted octanol–water partition coefficient (Wildman–Crippen LogP) is 5.17. The number of aryl methyl sites for hydroxylation is 1. The van der Waals surface area contributed by atoms with Gasteiger partial charge < -0.3 is 9.84 Å². The van der Waals surface area contributed by atoms with Crippen LogP contribution in [0.4, 0.5) is 0 Å². The summed E-state index contributed by atoms with van der Waals surface area (Å²) in [5.74, 6) is 0.916. The zero-order valence-corrected chi connectivity index (χ0v) is 14.5. The number of phenolic OH excluding ortho intramolecular Hbond substituents is 1. The second kappa shape index (κ2) is 7.35. The summed E-state index contributed by atoms with van der Waals surface area (Å²) in [5, 5.41) is 9.79. The van der Waals surface area contributed by atoms with E-state index in [4.69, 9.17) is 4.74 Å². The van der Waals surface area contributed by atoms with Gasteiger partial charge in [-0.1, -0.05) is 26.5 Å². The molecule has 0 saturated carbocycles. The molecule has 3 heteroatoms. The number of aromatic hydroxyl groups is 1. The van der Waals surface area contributed by atoms with Gasteiger partial charge in [0.15, 0.2) is 0 Å². The summed E-state index contributed by atoms with van der Waals surface area (Å²) in [6.07, 6.45) is 4.21. The molecule has 0 fully saturated rings. The van der Waals surface area contributed by atoms with Gasteiger partial charge in [-0.25, -0.2) is 0 Å². The minimum Gasteiger partial charge on any atom is -0.508 e. The Labute approximate surface area is 143 Å². The predicted molar refractivity (Wildman–Crippen MR) is 97.8 cm³/mol. The van der Waals surface area contributed by atoms with Crippen LogP contribution in [0.2, 0.25) is 0 Å². The molecule has 0 aromatic heterocycles. The third-order valence-electron chi connectivity index (χ3n) is 4.33. The molecule has 2 rings (SSSR count). The minimum atomic E-state index is -0.402. The van der Waals surface area contributed by atoms with Crippen LogP contribution in [-0.2, 0) is 6.42 Å². The van der Waals surface area contributed by atoms with Crippen LogP contribution in [-0.4, -0.2) is 17.0 Å². The maximum absolute atomic E-state index is 11.0. The lowest BCUT2D eigenvalue weighted by Crippen LogP contribution is -2.28. The van der Waals surface area contributed by atoms with Crippen molar-refractivity contribution in [3.63, 3.8) is 0 Å². The molecule has 0 aliphatic heterocycles. The standard InChI is InChI=1S/C21H24O3/c1-5-16-12-17(18-10-15(14-22)11-19(23)13-18)8-9-20(16)24-21(4,6-2)7-3/h6,8-14,23H,2,5,7H2,1,3-4H3. The van der Waals surface area contributed by atoms with Crippen molar-refractivity contribution < 1.29 is 14.6 Å². The van der Waals surface area contributed by atoms with Gasteiger partial charge in [-0.05, 0) is 72.9 Å². The molecular weight excluding hydrogens is 300 g/mol. The number of benzene rings is 2. The van der Waals surface area contributed by atoms with Gasteiger partial charge in [0, 0.05) is 5.56 Å². The van der Waals surface area contributed by atoms with Crippen molar-refractivity contribution in [3.8, 4) is 22.6 Å². The molecule has 0 amide bonds. The van der Waals surface area contributed by atoms with Crippen LogP contribution >= 0.6 is 0 Å². The average molecular weight is 324 g/mol. The molecule has 0 bridgehead atoms. The monoisotopic (exact) mass is 324 g/mol. The topological polar surface area (TPSA) is 46.5 Å². The molecular formula is C21H24O3. The van der Waals surface area contributed by atoms with E-state index >= 15 is 0 Å². The molecule has 1 N–H and O–H groups in total. The number of hydrogen-bond donors (Lipinski definition) is 1. The third kappa shape index (κ3) is 3.85. The fraction of sp³-hybridized carbons (Fsp3) is 0.286.